The highest BCUT2D eigenvalue weighted by atomic mass is 32.2. The highest BCUT2D eigenvalue weighted by molar-refractivity contribution is 7.90. The van der Waals surface area contributed by atoms with E-state index in [0.29, 0.717) is 23.5 Å². The van der Waals surface area contributed by atoms with Crippen molar-refractivity contribution in [1.82, 2.24) is 9.78 Å². The normalized spacial score (nSPS) is 11.4. The zero-order chi connectivity index (χ0) is 21.1. The number of hydrogen-bond donors (Lipinski definition) is 1. The molecule has 0 spiro atoms. The van der Waals surface area contributed by atoms with Crippen LogP contribution >= 0.6 is 11.3 Å². The maximum absolute atomic E-state index is 13.0. The van der Waals surface area contributed by atoms with Crippen LogP contribution in [0.5, 0.6) is 0 Å². The van der Waals surface area contributed by atoms with Crippen molar-refractivity contribution in [3.05, 3.63) is 89.4 Å². The second-order valence-electron chi connectivity index (χ2n) is 6.81. The first-order valence-electron chi connectivity index (χ1n) is 9.17. The van der Waals surface area contributed by atoms with Crippen molar-refractivity contribution in [2.45, 2.75) is 11.4 Å². The Balaban J connectivity index is 1.66. The van der Waals surface area contributed by atoms with Gasteiger partial charge >= 0.3 is 0 Å². The van der Waals surface area contributed by atoms with Gasteiger partial charge in [0.15, 0.2) is 9.84 Å². The van der Waals surface area contributed by atoms with E-state index in [-0.39, 0.29) is 10.8 Å². The average molecular weight is 438 g/mol. The maximum atomic E-state index is 13.0. The minimum atomic E-state index is -3.37. The van der Waals surface area contributed by atoms with E-state index in [2.05, 4.69) is 10.4 Å². The van der Waals surface area contributed by atoms with E-state index >= 15 is 0 Å². The summed E-state index contributed by atoms with van der Waals surface area (Å²) in [6.45, 7) is 0.538. The van der Waals surface area contributed by atoms with Crippen LogP contribution in [0.4, 0.5) is 5.69 Å². The van der Waals surface area contributed by atoms with Crippen LogP contribution in [0.1, 0.15) is 15.9 Å². The van der Waals surface area contributed by atoms with Crippen LogP contribution in [0.15, 0.2) is 83.2 Å². The number of aromatic nitrogens is 2. The van der Waals surface area contributed by atoms with Gasteiger partial charge in [-0.15, -0.1) is 11.3 Å². The summed E-state index contributed by atoms with van der Waals surface area (Å²) in [7, 11) is -3.37. The SMILES string of the molecule is CS(=O)(=O)c1cccc(NC(=O)c2cn(Cc3ccccc3)nc2-c2cccs2)c1. The molecule has 2 aromatic heterocycles. The molecule has 0 radical (unpaired) electrons. The second kappa shape index (κ2) is 8.25. The van der Waals surface area contributed by atoms with Crippen LogP contribution in [-0.4, -0.2) is 30.4 Å². The lowest BCUT2D eigenvalue weighted by Crippen LogP contribution is -2.12. The Morgan fingerprint density at radius 3 is 2.57 bits per heavy atom. The Labute approximate surface area is 178 Å². The van der Waals surface area contributed by atoms with Gasteiger partial charge in [-0.25, -0.2) is 8.42 Å². The summed E-state index contributed by atoms with van der Waals surface area (Å²) >= 11 is 1.50. The van der Waals surface area contributed by atoms with E-state index < -0.39 is 9.84 Å². The molecule has 0 aliphatic rings. The molecule has 0 aliphatic heterocycles. The quantitative estimate of drug-likeness (QED) is 0.487. The van der Waals surface area contributed by atoms with E-state index in [4.69, 9.17) is 0 Å². The minimum absolute atomic E-state index is 0.151. The van der Waals surface area contributed by atoms with E-state index in [9.17, 15) is 13.2 Å². The Morgan fingerprint density at radius 2 is 1.87 bits per heavy atom. The van der Waals surface area contributed by atoms with Crippen molar-refractivity contribution in [3.63, 3.8) is 0 Å². The first-order chi connectivity index (χ1) is 14.4. The number of carbonyl (C=O) groups excluding carboxylic acids is 1. The third kappa shape index (κ3) is 4.50. The topological polar surface area (TPSA) is 81.1 Å². The van der Waals surface area contributed by atoms with Crippen molar-refractivity contribution < 1.29 is 13.2 Å². The zero-order valence-electron chi connectivity index (χ0n) is 16.1. The molecule has 1 amide bonds. The summed E-state index contributed by atoms with van der Waals surface area (Å²) in [6.07, 6.45) is 2.86. The Morgan fingerprint density at radius 1 is 1.07 bits per heavy atom. The molecule has 0 fully saturated rings. The first-order valence-corrected chi connectivity index (χ1v) is 11.9. The Hall–Kier alpha value is -3.23. The van der Waals surface area contributed by atoms with Crippen molar-refractivity contribution >= 4 is 32.8 Å². The van der Waals surface area contributed by atoms with Gasteiger partial charge in [0.1, 0.15) is 5.69 Å². The van der Waals surface area contributed by atoms with Crippen LogP contribution in [-0.2, 0) is 16.4 Å². The van der Waals surface area contributed by atoms with Gasteiger partial charge in [0.2, 0.25) is 0 Å². The van der Waals surface area contributed by atoms with Crippen LogP contribution in [0.2, 0.25) is 0 Å². The summed E-state index contributed by atoms with van der Waals surface area (Å²) in [5, 5.41) is 9.37. The van der Waals surface area contributed by atoms with Gasteiger partial charge < -0.3 is 5.32 Å². The largest absolute Gasteiger partial charge is 0.322 e. The summed E-state index contributed by atoms with van der Waals surface area (Å²) in [4.78, 5) is 14.1. The van der Waals surface area contributed by atoms with Gasteiger partial charge in [-0.1, -0.05) is 42.5 Å². The number of thiophene rings is 1. The molecule has 0 saturated heterocycles. The summed E-state index contributed by atoms with van der Waals surface area (Å²) in [5.74, 6) is -0.344. The standard InChI is InChI=1S/C22H19N3O3S2/c1-30(27,28)18-10-5-9-17(13-18)23-22(26)19-15-25(14-16-7-3-2-4-8-16)24-21(19)20-11-6-12-29-20/h2-13,15H,14H2,1H3,(H,23,26). The fourth-order valence-corrected chi connectivity index (χ4v) is 4.43. The molecule has 1 N–H and O–H groups in total. The van der Waals surface area contributed by atoms with Crippen LogP contribution in [0, 0.1) is 0 Å². The Kier molecular flexibility index (Phi) is 5.52. The predicted octanol–water partition coefficient (Wildman–Crippen LogP) is 4.32. The van der Waals surface area contributed by atoms with Crippen molar-refractivity contribution in [2.75, 3.05) is 11.6 Å². The number of hydrogen-bond acceptors (Lipinski definition) is 5. The van der Waals surface area contributed by atoms with E-state index in [1.54, 1.807) is 23.0 Å². The van der Waals surface area contributed by atoms with Gasteiger partial charge in [-0.3, -0.25) is 9.48 Å². The van der Waals surface area contributed by atoms with E-state index in [0.717, 1.165) is 16.7 Å². The third-order valence-electron chi connectivity index (χ3n) is 4.47. The van der Waals surface area contributed by atoms with Crippen LogP contribution < -0.4 is 5.32 Å². The number of amides is 1. The van der Waals surface area contributed by atoms with Crippen LogP contribution in [0.3, 0.4) is 0 Å². The van der Waals surface area contributed by atoms with E-state index in [1.807, 2.05) is 47.8 Å². The van der Waals surface area contributed by atoms with Crippen molar-refractivity contribution in [2.24, 2.45) is 0 Å². The lowest BCUT2D eigenvalue weighted by atomic mass is 10.2. The van der Waals surface area contributed by atoms with Crippen molar-refractivity contribution in [3.8, 4) is 10.6 Å². The van der Waals surface area contributed by atoms with Crippen LogP contribution in [0.25, 0.3) is 10.6 Å². The smallest absolute Gasteiger partial charge is 0.259 e. The fourth-order valence-electron chi connectivity index (χ4n) is 3.04. The molecule has 0 unspecified atom stereocenters. The predicted molar refractivity (Wildman–Crippen MR) is 119 cm³/mol. The molecule has 152 valence electrons. The second-order valence-corrected chi connectivity index (χ2v) is 9.77. The third-order valence-corrected chi connectivity index (χ3v) is 6.46. The Bertz CT molecular complexity index is 1280. The molecule has 30 heavy (non-hydrogen) atoms. The number of benzene rings is 2. The molecule has 8 heteroatoms. The fraction of sp³-hybridized carbons (Fsp3) is 0.0909. The molecular weight excluding hydrogens is 418 g/mol. The molecule has 0 bridgehead atoms. The molecule has 0 aliphatic carbocycles. The number of carbonyl (C=O) groups is 1. The molecule has 4 rings (SSSR count). The number of sulfone groups is 1. The lowest BCUT2D eigenvalue weighted by molar-refractivity contribution is 0.102. The molecular formula is C22H19N3O3S2. The zero-order valence-corrected chi connectivity index (χ0v) is 17.8. The highest BCUT2D eigenvalue weighted by Crippen LogP contribution is 2.28. The molecule has 0 saturated carbocycles. The summed E-state index contributed by atoms with van der Waals surface area (Å²) in [5.41, 5.74) is 2.51. The van der Waals surface area contributed by atoms with Crippen molar-refractivity contribution in [1.29, 1.82) is 0 Å². The summed E-state index contributed by atoms with van der Waals surface area (Å²) in [6, 6.07) is 19.9. The molecule has 6 nitrogen and oxygen atoms in total. The molecule has 2 heterocycles. The van der Waals surface area contributed by atoms with Gasteiger partial charge in [0, 0.05) is 18.1 Å². The molecule has 0 atom stereocenters. The maximum Gasteiger partial charge on any atom is 0.259 e. The summed E-state index contributed by atoms with van der Waals surface area (Å²) < 4.78 is 25.3. The average Bonchev–Trinajstić information content (AvgIpc) is 3.38. The number of rotatable bonds is 6. The monoisotopic (exact) mass is 437 g/mol. The first kappa shape index (κ1) is 20.1. The molecule has 2 aromatic carbocycles. The molecule has 4 aromatic rings. The number of nitrogens with one attached hydrogen (secondary N) is 1. The van der Waals surface area contributed by atoms with Gasteiger partial charge in [-0.05, 0) is 35.2 Å². The van der Waals surface area contributed by atoms with E-state index in [1.165, 1.54) is 23.5 Å². The highest BCUT2D eigenvalue weighted by Gasteiger charge is 2.19. The minimum Gasteiger partial charge on any atom is -0.322 e. The van der Waals surface area contributed by atoms with Gasteiger partial charge in [0.25, 0.3) is 5.91 Å². The van der Waals surface area contributed by atoms with Gasteiger partial charge in [0.05, 0.1) is 21.9 Å². The van der Waals surface area contributed by atoms with Gasteiger partial charge in [-0.2, -0.15) is 5.10 Å². The number of anilines is 1. The number of nitrogens with zero attached hydrogens (tertiary/aromatic N) is 2. The lowest BCUT2D eigenvalue weighted by Gasteiger charge is -2.06.